The Hall–Kier alpha value is -2.73. The standard InChI is InChI=1S/C18H15N3O2S/c22-14-8-4-5-12(9-14)17-16-18(20-15(23)10-24-17)19-11-21(16)13-6-2-1-3-7-13/h1-9,11,17,22H,10H2,(H,20,23). The molecule has 3 aromatic rings. The second-order valence-corrected chi connectivity index (χ2v) is 6.61. The number of phenols is 1. The van der Waals surface area contributed by atoms with E-state index in [2.05, 4.69) is 10.3 Å². The average Bonchev–Trinajstić information content (AvgIpc) is 2.92. The van der Waals surface area contributed by atoms with Crippen molar-refractivity contribution in [2.45, 2.75) is 5.25 Å². The molecule has 0 saturated carbocycles. The van der Waals surface area contributed by atoms with E-state index in [9.17, 15) is 9.90 Å². The first-order chi connectivity index (χ1) is 11.7. The number of para-hydroxylation sites is 1. The Morgan fingerprint density at radius 3 is 2.79 bits per heavy atom. The van der Waals surface area contributed by atoms with Crippen LogP contribution in [0, 0.1) is 0 Å². The topological polar surface area (TPSA) is 67.1 Å². The number of carbonyl (C=O) groups is 1. The summed E-state index contributed by atoms with van der Waals surface area (Å²) in [6.07, 6.45) is 1.72. The number of amides is 1. The summed E-state index contributed by atoms with van der Waals surface area (Å²) >= 11 is 1.53. The minimum atomic E-state index is -0.103. The number of nitrogens with zero attached hydrogens (tertiary/aromatic N) is 2. The first-order valence-electron chi connectivity index (χ1n) is 7.55. The molecular weight excluding hydrogens is 322 g/mol. The summed E-state index contributed by atoms with van der Waals surface area (Å²) < 4.78 is 1.99. The number of aromatic nitrogens is 2. The van der Waals surface area contributed by atoms with Gasteiger partial charge in [-0.25, -0.2) is 4.98 Å². The number of imidazole rings is 1. The summed E-state index contributed by atoms with van der Waals surface area (Å²) in [4.78, 5) is 16.4. The van der Waals surface area contributed by atoms with Gasteiger partial charge in [-0.1, -0.05) is 30.3 Å². The van der Waals surface area contributed by atoms with Crippen LogP contribution in [-0.4, -0.2) is 26.3 Å². The summed E-state index contributed by atoms with van der Waals surface area (Å²) in [5.74, 6) is 1.05. The van der Waals surface area contributed by atoms with Crippen molar-refractivity contribution in [3.63, 3.8) is 0 Å². The van der Waals surface area contributed by atoms with Crippen LogP contribution >= 0.6 is 11.8 Å². The molecule has 0 saturated heterocycles. The first kappa shape index (κ1) is 14.8. The average molecular weight is 337 g/mol. The van der Waals surface area contributed by atoms with Gasteiger partial charge in [0.2, 0.25) is 5.91 Å². The van der Waals surface area contributed by atoms with E-state index >= 15 is 0 Å². The van der Waals surface area contributed by atoms with E-state index in [1.807, 2.05) is 47.0 Å². The molecule has 2 N–H and O–H groups in total. The van der Waals surface area contributed by atoms with Gasteiger partial charge in [0.05, 0.1) is 16.7 Å². The maximum Gasteiger partial charge on any atom is 0.235 e. The summed E-state index contributed by atoms with van der Waals surface area (Å²) in [6, 6.07) is 17.0. The van der Waals surface area contributed by atoms with E-state index in [4.69, 9.17) is 0 Å². The van der Waals surface area contributed by atoms with E-state index in [1.165, 1.54) is 11.8 Å². The van der Waals surface area contributed by atoms with Gasteiger partial charge in [-0.2, -0.15) is 0 Å². The molecular formula is C18H15N3O2S. The molecule has 24 heavy (non-hydrogen) atoms. The Morgan fingerprint density at radius 1 is 1.17 bits per heavy atom. The van der Waals surface area contributed by atoms with Gasteiger partial charge < -0.3 is 10.4 Å². The van der Waals surface area contributed by atoms with Crippen LogP contribution < -0.4 is 5.32 Å². The number of fused-ring (bicyclic) bond motifs is 1. The molecule has 2 aromatic carbocycles. The zero-order chi connectivity index (χ0) is 16.5. The van der Waals surface area contributed by atoms with Gasteiger partial charge in [-0.3, -0.25) is 9.36 Å². The number of phenolic OH excluding ortho intramolecular Hbond substituents is 1. The second kappa shape index (κ2) is 6.05. The van der Waals surface area contributed by atoms with Crippen molar-refractivity contribution in [1.29, 1.82) is 0 Å². The highest BCUT2D eigenvalue weighted by atomic mass is 32.2. The molecule has 0 bridgehead atoms. The Kier molecular flexibility index (Phi) is 3.74. The number of hydrogen-bond donors (Lipinski definition) is 2. The summed E-state index contributed by atoms with van der Waals surface area (Å²) in [6.45, 7) is 0. The monoisotopic (exact) mass is 337 g/mol. The molecule has 120 valence electrons. The Morgan fingerprint density at radius 2 is 2.00 bits per heavy atom. The normalized spacial score (nSPS) is 17.0. The lowest BCUT2D eigenvalue weighted by Gasteiger charge is -2.18. The minimum Gasteiger partial charge on any atom is -0.508 e. The number of benzene rings is 2. The fourth-order valence-corrected chi connectivity index (χ4v) is 3.96. The fourth-order valence-electron chi connectivity index (χ4n) is 2.85. The Labute approximate surface area is 143 Å². The van der Waals surface area contributed by atoms with Gasteiger partial charge in [0.25, 0.3) is 0 Å². The third-order valence-electron chi connectivity index (χ3n) is 3.90. The van der Waals surface area contributed by atoms with Crippen LogP contribution in [-0.2, 0) is 4.79 Å². The van der Waals surface area contributed by atoms with Crippen molar-refractivity contribution >= 4 is 23.5 Å². The van der Waals surface area contributed by atoms with Crippen LogP contribution in [0.5, 0.6) is 5.75 Å². The predicted octanol–water partition coefficient (Wildman–Crippen LogP) is 3.35. The molecule has 4 rings (SSSR count). The molecule has 1 atom stereocenters. The largest absolute Gasteiger partial charge is 0.508 e. The number of carbonyl (C=O) groups excluding carboxylic acids is 1. The molecule has 0 radical (unpaired) electrons. The summed E-state index contributed by atoms with van der Waals surface area (Å²) in [5.41, 5.74) is 2.83. The molecule has 2 heterocycles. The van der Waals surface area contributed by atoms with Crippen molar-refractivity contribution in [3.8, 4) is 11.4 Å². The van der Waals surface area contributed by atoms with Gasteiger partial charge in [-0.05, 0) is 29.8 Å². The van der Waals surface area contributed by atoms with Crippen molar-refractivity contribution in [2.24, 2.45) is 0 Å². The third-order valence-corrected chi connectivity index (χ3v) is 5.16. The van der Waals surface area contributed by atoms with Gasteiger partial charge >= 0.3 is 0 Å². The van der Waals surface area contributed by atoms with E-state index in [0.717, 1.165) is 16.9 Å². The zero-order valence-electron chi connectivity index (χ0n) is 12.7. The zero-order valence-corrected chi connectivity index (χ0v) is 13.5. The second-order valence-electron chi connectivity index (χ2n) is 5.52. The van der Waals surface area contributed by atoms with Gasteiger partial charge in [0, 0.05) is 5.69 Å². The molecule has 0 aliphatic carbocycles. The molecule has 1 amide bonds. The maximum atomic E-state index is 12.0. The molecule has 6 heteroatoms. The lowest BCUT2D eigenvalue weighted by Crippen LogP contribution is -2.12. The van der Waals surface area contributed by atoms with Crippen LogP contribution in [0.1, 0.15) is 16.5 Å². The van der Waals surface area contributed by atoms with Crippen molar-refractivity contribution in [2.75, 3.05) is 11.1 Å². The number of hydrogen-bond acceptors (Lipinski definition) is 4. The fraction of sp³-hybridized carbons (Fsp3) is 0.111. The van der Waals surface area contributed by atoms with Gasteiger partial charge in [0.1, 0.15) is 12.1 Å². The van der Waals surface area contributed by atoms with E-state index < -0.39 is 0 Å². The maximum absolute atomic E-state index is 12.0. The summed E-state index contributed by atoms with van der Waals surface area (Å²) in [5, 5.41) is 12.6. The number of aromatic hydroxyl groups is 1. The Balaban J connectivity index is 1.89. The minimum absolute atomic E-state index is 0.0674. The number of anilines is 1. The van der Waals surface area contributed by atoms with Crippen LogP contribution in [0.4, 0.5) is 5.82 Å². The molecule has 0 spiro atoms. The van der Waals surface area contributed by atoms with E-state index in [-0.39, 0.29) is 16.9 Å². The van der Waals surface area contributed by atoms with Crippen LogP contribution in [0.15, 0.2) is 60.9 Å². The lowest BCUT2D eigenvalue weighted by molar-refractivity contribution is -0.113. The van der Waals surface area contributed by atoms with Crippen LogP contribution in [0.25, 0.3) is 5.69 Å². The van der Waals surface area contributed by atoms with Gasteiger partial charge in [0.15, 0.2) is 5.82 Å². The Bertz CT molecular complexity index is 892. The van der Waals surface area contributed by atoms with E-state index in [0.29, 0.717) is 11.6 Å². The van der Waals surface area contributed by atoms with E-state index in [1.54, 1.807) is 18.5 Å². The van der Waals surface area contributed by atoms with Gasteiger partial charge in [-0.15, -0.1) is 11.8 Å². The predicted molar refractivity (Wildman–Crippen MR) is 94.6 cm³/mol. The molecule has 1 aliphatic heterocycles. The molecule has 5 nitrogen and oxygen atoms in total. The van der Waals surface area contributed by atoms with Crippen molar-refractivity contribution in [3.05, 3.63) is 72.2 Å². The van der Waals surface area contributed by atoms with Crippen LogP contribution in [0.2, 0.25) is 0 Å². The highest BCUT2D eigenvalue weighted by Crippen LogP contribution is 2.42. The number of rotatable bonds is 2. The quantitative estimate of drug-likeness (QED) is 0.752. The van der Waals surface area contributed by atoms with Crippen molar-refractivity contribution < 1.29 is 9.90 Å². The SMILES string of the molecule is O=C1CSC(c2cccc(O)c2)c2c(ncn2-c2ccccc2)N1. The van der Waals surface area contributed by atoms with Crippen molar-refractivity contribution in [1.82, 2.24) is 9.55 Å². The smallest absolute Gasteiger partial charge is 0.235 e. The highest BCUT2D eigenvalue weighted by molar-refractivity contribution is 8.00. The lowest BCUT2D eigenvalue weighted by atomic mass is 10.1. The molecule has 1 aliphatic rings. The highest BCUT2D eigenvalue weighted by Gasteiger charge is 2.29. The first-order valence-corrected chi connectivity index (χ1v) is 8.60. The number of nitrogens with one attached hydrogen (secondary N) is 1. The molecule has 0 fully saturated rings. The summed E-state index contributed by atoms with van der Waals surface area (Å²) in [7, 11) is 0. The molecule has 1 unspecified atom stereocenters. The third kappa shape index (κ3) is 2.65. The molecule has 1 aromatic heterocycles. The number of thioether (sulfide) groups is 1. The van der Waals surface area contributed by atoms with Crippen LogP contribution in [0.3, 0.4) is 0 Å².